The first-order valence-corrected chi connectivity index (χ1v) is 6.85. The van der Waals surface area contributed by atoms with Crippen LogP contribution < -0.4 is 11.1 Å². The molecule has 0 atom stereocenters. The molecule has 5 nitrogen and oxygen atoms in total. The predicted octanol–water partition coefficient (Wildman–Crippen LogP) is 2.14. The van der Waals surface area contributed by atoms with E-state index in [0.29, 0.717) is 6.54 Å². The molecule has 104 valence electrons. The van der Waals surface area contributed by atoms with E-state index in [-0.39, 0.29) is 11.3 Å². The van der Waals surface area contributed by atoms with Gasteiger partial charge >= 0.3 is 0 Å². The van der Waals surface area contributed by atoms with Crippen molar-refractivity contribution in [1.29, 1.82) is 0 Å². The van der Waals surface area contributed by atoms with Crippen molar-refractivity contribution < 1.29 is 4.79 Å². The maximum atomic E-state index is 12.3. The second-order valence-corrected chi connectivity index (χ2v) is 5.34. The Morgan fingerprint density at radius 3 is 2.55 bits per heavy atom. The van der Waals surface area contributed by atoms with Crippen LogP contribution in [0.15, 0.2) is 36.5 Å². The summed E-state index contributed by atoms with van der Waals surface area (Å²) in [6.45, 7) is 0.422. The van der Waals surface area contributed by atoms with Crippen LogP contribution in [-0.2, 0) is 4.79 Å². The van der Waals surface area contributed by atoms with Crippen LogP contribution in [0.25, 0.3) is 11.3 Å². The van der Waals surface area contributed by atoms with Crippen molar-refractivity contribution >= 4 is 11.6 Å². The number of H-pyrrole nitrogens is 1. The molecule has 20 heavy (non-hydrogen) atoms. The molecule has 0 saturated heterocycles. The Morgan fingerprint density at radius 1 is 1.30 bits per heavy atom. The Balaban J connectivity index is 1.71. The summed E-state index contributed by atoms with van der Waals surface area (Å²) in [5.41, 5.74) is 8.20. The molecule has 0 bridgehead atoms. The lowest BCUT2D eigenvalue weighted by Gasteiger charge is -2.39. The third kappa shape index (κ3) is 2.20. The molecule has 4 N–H and O–H groups in total. The van der Waals surface area contributed by atoms with E-state index in [4.69, 9.17) is 5.73 Å². The zero-order valence-corrected chi connectivity index (χ0v) is 11.2. The van der Waals surface area contributed by atoms with Crippen LogP contribution in [-0.4, -0.2) is 22.6 Å². The lowest BCUT2D eigenvalue weighted by Crippen LogP contribution is -2.47. The fourth-order valence-electron chi connectivity index (χ4n) is 2.54. The summed E-state index contributed by atoms with van der Waals surface area (Å²) < 4.78 is 0. The van der Waals surface area contributed by atoms with E-state index in [1.54, 1.807) is 6.20 Å². The molecule has 1 aromatic heterocycles. The number of hydrogen-bond acceptors (Lipinski definition) is 3. The van der Waals surface area contributed by atoms with Gasteiger partial charge in [0.05, 0.1) is 11.1 Å². The smallest absolute Gasteiger partial charge is 0.231 e. The van der Waals surface area contributed by atoms with Gasteiger partial charge in [0.1, 0.15) is 0 Å². The number of hydrogen-bond donors (Lipinski definition) is 3. The van der Waals surface area contributed by atoms with E-state index < -0.39 is 0 Å². The molecule has 1 fully saturated rings. The van der Waals surface area contributed by atoms with E-state index in [1.807, 2.05) is 30.3 Å². The maximum absolute atomic E-state index is 12.3. The Kier molecular flexibility index (Phi) is 3.28. The van der Waals surface area contributed by atoms with Gasteiger partial charge < -0.3 is 11.1 Å². The number of benzene rings is 1. The van der Waals surface area contributed by atoms with Gasteiger partial charge in [0.25, 0.3) is 0 Å². The number of carbonyl (C=O) groups is 1. The number of carbonyl (C=O) groups excluding carboxylic acids is 1. The minimum absolute atomic E-state index is 0.0422. The SMILES string of the molecule is NCC1(C(=O)Nc2ccc(-c3ccn[nH]3)cc2)CCC1. The van der Waals surface area contributed by atoms with Gasteiger partial charge in [-0.15, -0.1) is 0 Å². The van der Waals surface area contributed by atoms with Crippen LogP contribution in [0.4, 0.5) is 5.69 Å². The summed E-state index contributed by atoms with van der Waals surface area (Å²) in [5.74, 6) is 0.0422. The first-order valence-electron chi connectivity index (χ1n) is 6.85. The van der Waals surface area contributed by atoms with Crippen LogP contribution in [0.3, 0.4) is 0 Å². The number of rotatable bonds is 4. The van der Waals surface area contributed by atoms with E-state index in [0.717, 1.165) is 36.2 Å². The Hall–Kier alpha value is -2.14. The van der Waals surface area contributed by atoms with Crippen molar-refractivity contribution in [2.75, 3.05) is 11.9 Å². The van der Waals surface area contributed by atoms with Crippen molar-refractivity contribution in [2.45, 2.75) is 19.3 Å². The maximum Gasteiger partial charge on any atom is 0.231 e. The van der Waals surface area contributed by atoms with Gasteiger partial charge in [0.15, 0.2) is 0 Å². The first kappa shape index (κ1) is 12.9. The van der Waals surface area contributed by atoms with Crippen molar-refractivity contribution in [2.24, 2.45) is 11.1 Å². The monoisotopic (exact) mass is 270 g/mol. The van der Waals surface area contributed by atoms with E-state index in [9.17, 15) is 4.79 Å². The van der Waals surface area contributed by atoms with Gasteiger partial charge in [0.2, 0.25) is 5.91 Å². The zero-order chi connectivity index (χ0) is 14.0. The molecule has 0 aliphatic heterocycles. The topological polar surface area (TPSA) is 83.8 Å². The second-order valence-electron chi connectivity index (χ2n) is 5.34. The number of aromatic nitrogens is 2. The van der Waals surface area contributed by atoms with Crippen LogP contribution >= 0.6 is 0 Å². The zero-order valence-electron chi connectivity index (χ0n) is 11.2. The summed E-state index contributed by atoms with van der Waals surface area (Å²) in [7, 11) is 0. The van der Waals surface area contributed by atoms with E-state index in [2.05, 4.69) is 15.5 Å². The Bertz CT molecular complexity index is 579. The lowest BCUT2D eigenvalue weighted by molar-refractivity contribution is -0.129. The molecule has 0 unspecified atom stereocenters. The normalized spacial score (nSPS) is 16.4. The molecule has 3 rings (SSSR count). The third-order valence-corrected chi connectivity index (χ3v) is 4.14. The fourth-order valence-corrected chi connectivity index (χ4v) is 2.54. The highest BCUT2D eigenvalue weighted by atomic mass is 16.2. The van der Waals surface area contributed by atoms with Crippen LogP contribution in [0.1, 0.15) is 19.3 Å². The number of amides is 1. The standard InChI is InChI=1S/C15H18N4O/c16-10-15(7-1-8-15)14(20)18-12-4-2-11(3-5-12)13-6-9-17-19-13/h2-6,9H,1,7-8,10,16H2,(H,17,19)(H,18,20). The number of anilines is 1. The molecule has 1 amide bonds. The second kappa shape index (κ2) is 5.09. The van der Waals surface area contributed by atoms with Crippen molar-refractivity contribution in [3.8, 4) is 11.3 Å². The minimum Gasteiger partial charge on any atom is -0.329 e. The van der Waals surface area contributed by atoms with Gasteiger partial charge in [-0.3, -0.25) is 9.89 Å². The average Bonchev–Trinajstić information content (AvgIpc) is 2.93. The minimum atomic E-state index is -0.345. The van der Waals surface area contributed by atoms with E-state index in [1.165, 1.54) is 0 Å². The van der Waals surface area contributed by atoms with Crippen molar-refractivity contribution in [3.63, 3.8) is 0 Å². The van der Waals surface area contributed by atoms with Crippen molar-refractivity contribution in [3.05, 3.63) is 36.5 Å². The Labute approximate surface area is 117 Å². The van der Waals surface area contributed by atoms with Crippen molar-refractivity contribution in [1.82, 2.24) is 10.2 Å². The van der Waals surface area contributed by atoms with Crippen LogP contribution in [0, 0.1) is 5.41 Å². The molecule has 1 saturated carbocycles. The largest absolute Gasteiger partial charge is 0.329 e. The van der Waals surface area contributed by atoms with Crippen LogP contribution in [0.2, 0.25) is 0 Å². The highest BCUT2D eigenvalue weighted by Crippen LogP contribution is 2.40. The molecule has 1 aromatic carbocycles. The molecule has 1 aliphatic rings. The van der Waals surface area contributed by atoms with E-state index >= 15 is 0 Å². The number of aromatic amines is 1. The number of nitrogens with zero attached hydrogens (tertiary/aromatic N) is 1. The number of nitrogens with two attached hydrogens (primary N) is 1. The molecule has 0 radical (unpaired) electrons. The Morgan fingerprint density at radius 2 is 2.05 bits per heavy atom. The highest BCUT2D eigenvalue weighted by molar-refractivity contribution is 5.96. The van der Waals surface area contributed by atoms with Gasteiger partial charge in [-0.25, -0.2) is 0 Å². The van der Waals surface area contributed by atoms with Gasteiger partial charge in [-0.1, -0.05) is 18.6 Å². The molecule has 0 spiro atoms. The van der Waals surface area contributed by atoms with Gasteiger partial charge in [-0.05, 0) is 36.6 Å². The molecule has 1 aliphatic carbocycles. The summed E-state index contributed by atoms with van der Waals surface area (Å²) in [5, 5.41) is 9.80. The lowest BCUT2D eigenvalue weighted by atomic mass is 9.68. The first-order chi connectivity index (χ1) is 9.73. The molecular weight excluding hydrogens is 252 g/mol. The summed E-state index contributed by atoms with van der Waals surface area (Å²) in [6.07, 6.45) is 4.58. The molecule has 5 heteroatoms. The molecular formula is C15H18N4O. The van der Waals surface area contributed by atoms with Crippen LogP contribution in [0.5, 0.6) is 0 Å². The quantitative estimate of drug-likeness (QED) is 0.796. The van der Waals surface area contributed by atoms with Gasteiger partial charge in [-0.2, -0.15) is 5.10 Å². The number of nitrogens with one attached hydrogen (secondary N) is 2. The molecule has 2 aromatic rings. The molecule has 1 heterocycles. The highest BCUT2D eigenvalue weighted by Gasteiger charge is 2.42. The third-order valence-electron chi connectivity index (χ3n) is 4.14. The fraction of sp³-hybridized carbons (Fsp3) is 0.333. The summed E-state index contributed by atoms with van der Waals surface area (Å²) in [6, 6.07) is 9.62. The van der Waals surface area contributed by atoms with Gasteiger partial charge in [0, 0.05) is 18.4 Å². The summed E-state index contributed by atoms with van der Waals surface area (Å²) >= 11 is 0. The average molecular weight is 270 g/mol. The summed E-state index contributed by atoms with van der Waals surface area (Å²) in [4.78, 5) is 12.3. The predicted molar refractivity (Wildman–Crippen MR) is 78.0 cm³/mol.